The highest BCUT2D eigenvalue weighted by Crippen LogP contribution is 2.24. The van der Waals surface area contributed by atoms with Gasteiger partial charge in [-0.2, -0.15) is 0 Å². The van der Waals surface area contributed by atoms with Crippen molar-refractivity contribution in [3.63, 3.8) is 0 Å². The second-order valence-electron chi connectivity index (χ2n) is 4.34. The van der Waals surface area contributed by atoms with Crippen LogP contribution in [0.25, 0.3) is 6.08 Å². The lowest BCUT2D eigenvalue weighted by atomic mass is 10.1. The standard InChI is InChI=1S/C16H16ClNO2S/c1-20-15(13-6-2-3-7-14(13)17)11-18-16(19)9-8-12-5-4-10-21-12/h2-10,15H,11H2,1H3,(H,18,19)/b9-8+/t15-/m1/s1. The van der Waals surface area contributed by atoms with E-state index in [1.165, 1.54) is 6.08 Å². The number of ether oxygens (including phenoxy) is 1. The van der Waals surface area contributed by atoms with Crippen molar-refractivity contribution in [2.24, 2.45) is 0 Å². The minimum atomic E-state index is -0.266. The summed E-state index contributed by atoms with van der Waals surface area (Å²) in [7, 11) is 1.60. The molecule has 0 aliphatic carbocycles. The van der Waals surface area contributed by atoms with Crippen LogP contribution in [0.3, 0.4) is 0 Å². The van der Waals surface area contributed by atoms with Crippen molar-refractivity contribution in [1.29, 1.82) is 0 Å². The molecule has 110 valence electrons. The maximum atomic E-state index is 11.8. The Balaban J connectivity index is 1.91. The van der Waals surface area contributed by atoms with Crippen molar-refractivity contribution < 1.29 is 9.53 Å². The van der Waals surface area contributed by atoms with Gasteiger partial charge in [0.25, 0.3) is 0 Å². The number of halogens is 1. The Hall–Kier alpha value is -1.62. The molecular weight excluding hydrogens is 306 g/mol. The van der Waals surface area contributed by atoms with Gasteiger partial charge in [0.05, 0.1) is 0 Å². The first-order valence-corrected chi connectivity index (χ1v) is 7.73. The van der Waals surface area contributed by atoms with E-state index in [2.05, 4.69) is 5.32 Å². The third kappa shape index (κ3) is 4.70. The fourth-order valence-corrected chi connectivity index (χ4v) is 2.73. The Labute approximate surface area is 133 Å². The molecule has 0 radical (unpaired) electrons. The van der Waals surface area contributed by atoms with Gasteiger partial charge in [-0.25, -0.2) is 0 Å². The van der Waals surface area contributed by atoms with E-state index in [4.69, 9.17) is 16.3 Å². The first-order chi connectivity index (χ1) is 10.2. The molecule has 21 heavy (non-hydrogen) atoms. The van der Waals surface area contributed by atoms with Crippen LogP contribution in [0, 0.1) is 0 Å². The van der Waals surface area contributed by atoms with Gasteiger partial charge in [-0.1, -0.05) is 35.9 Å². The lowest BCUT2D eigenvalue weighted by Crippen LogP contribution is -2.27. The van der Waals surface area contributed by atoms with Gasteiger partial charge in [0.15, 0.2) is 0 Å². The molecule has 1 atom stereocenters. The Kier molecular flexibility index (Phi) is 5.99. The molecule has 1 aromatic heterocycles. The summed E-state index contributed by atoms with van der Waals surface area (Å²) in [6, 6.07) is 11.4. The number of amides is 1. The van der Waals surface area contributed by atoms with Crippen LogP contribution in [0.5, 0.6) is 0 Å². The molecule has 0 fully saturated rings. The predicted molar refractivity (Wildman–Crippen MR) is 87.6 cm³/mol. The Bertz CT molecular complexity index is 610. The van der Waals surface area contributed by atoms with E-state index in [1.54, 1.807) is 30.6 Å². The number of carbonyl (C=O) groups excluding carboxylic acids is 1. The van der Waals surface area contributed by atoms with E-state index in [0.717, 1.165) is 10.4 Å². The number of hydrogen-bond acceptors (Lipinski definition) is 3. The predicted octanol–water partition coefficient (Wildman–Crippen LogP) is 3.92. The van der Waals surface area contributed by atoms with E-state index in [-0.39, 0.29) is 12.0 Å². The zero-order valence-electron chi connectivity index (χ0n) is 11.6. The van der Waals surface area contributed by atoms with Crippen molar-refractivity contribution >= 4 is 34.9 Å². The summed E-state index contributed by atoms with van der Waals surface area (Å²) in [5.41, 5.74) is 0.865. The second kappa shape index (κ2) is 7.98. The zero-order chi connectivity index (χ0) is 15.1. The third-order valence-electron chi connectivity index (χ3n) is 2.94. The molecule has 1 amide bonds. The van der Waals surface area contributed by atoms with Gasteiger partial charge in [-0.3, -0.25) is 4.79 Å². The molecule has 5 heteroatoms. The smallest absolute Gasteiger partial charge is 0.244 e. The Morgan fingerprint density at radius 2 is 2.19 bits per heavy atom. The molecule has 0 aliphatic heterocycles. The maximum absolute atomic E-state index is 11.8. The van der Waals surface area contributed by atoms with E-state index in [0.29, 0.717) is 11.6 Å². The van der Waals surface area contributed by atoms with Gasteiger partial charge in [-0.05, 0) is 23.6 Å². The van der Waals surface area contributed by atoms with E-state index in [9.17, 15) is 4.79 Å². The fraction of sp³-hybridized carbons (Fsp3) is 0.188. The van der Waals surface area contributed by atoms with Crippen molar-refractivity contribution in [2.75, 3.05) is 13.7 Å². The Morgan fingerprint density at radius 1 is 1.38 bits per heavy atom. The topological polar surface area (TPSA) is 38.3 Å². The average molecular weight is 322 g/mol. The molecule has 0 unspecified atom stereocenters. The number of benzene rings is 1. The summed E-state index contributed by atoms with van der Waals surface area (Å²) < 4.78 is 5.40. The quantitative estimate of drug-likeness (QED) is 0.819. The van der Waals surface area contributed by atoms with Crippen LogP contribution in [0.2, 0.25) is 5.02 Å². The van der Waals surface area contributed by atoms with E-state index < -0.39 is 0 Å². The maximum Gasteiger partial charge on any atom is 0.244 e. The van der Waals surface area contributed by atoms with Crippen LogP contribution in [0.1, 0.15) is 16.5 Å². The number of hydrogen-bond donors (Lipinski definition) is 1. The van der Waals surface area contributed by atoms with Crippen LogP contribution in [0.4, 0.5) is 0 Å². The number of thiophene rings is 1. The van der Waals surface area contributed by atoms with Crippen molar-refractivity contribution in [1.82, 2.24) is 5.32 Å². The summed E-state index contributed by atoms with van der Waals surface area (Å²) in [5, 5.41) is 5.42. The van der Waals surface area contributed by atoms with E-state index >= 15 is 0 Å². The lowest BCUT2D eigenvalue weighted by Gasteiger charge is -2.17. The fourth-order valence-electron chi connectivity index (χ4n) is 1.85. The molecule has 1 N–H and O–H groups in total. The highest BCUT2D eigenvalue weighted by atomic mass is 35.5. The number of nitrogens with one attached hydrogen (secondary N) is 1. The van der Waals surface area contributed by atoms with Gasteiger partial charge in [0.1, 0.15) is 6.10 Å². The lowest BCUT2D eigenvalue weighted by molar-refractivity contribution is -0.117. The minimum absolute atomic E-state index is 0.155. The van der Waals surface area contributed by atoms with Crippen LogP contribution in [-0.4, -0.2) is 19.6 Å². The van der Waals surface area contributed by atoms with Crippen LogP contribution in [0.15, 0.2) is 47.9 Å². The Morgan fingerprint density at radius 3 is 2.86 bits per heavy atom. The molecular formula is C16H16ClNO2S. The molecule has 0 bridgehead atoms. The number of methoxy groups -OCH3 is 1. The summed E-state index contributed by atoms with van der Waals surface area (Å²) >= 11 is 7.72. The SMILES string of the molecule is CO[C@H](CNC(=O)/C=C/c1cccs1)c1ccccc1Cl. The third-order valence-corrected chi connectivity index (χ3v) is 4.12. The monoisotopic (exact) mass is 321 g/mol. The normalized spacial score (nSPS) is 12.5. The molecule has 3 nitrogen and oxygen atoms in total. The largest absolute Gasteiger partial charge is 0.375 e. The van der Waals surface area contributed by atoms with Crippen LogP contribution >= 0.6 is 22.9 Å². The van der Waals surface area contributed by atoms with Crippen molar-refractivity contribution in [3.8, 4) is 0 Å². The number of rotatable bonds is 6. The average Bonchev–Trinajstić information content (AvgIpc) is 3.01. The molecule has 2 aromatic rings. The molecule has 1 heterocycles. The van der Waals surface area contributed by atoms with Gasteiger partial charge in [0, 0.05) is 35.2 Å². The van der Waals surface area contributed by atoms with Crippen LogP contribution < -0.4 is 5.32 Å². The molecule has 2 rings (SSSR count). The second-order valence-corrected chi connectivity index (χ2v) is 5.73. The molecule has 1 aromatic carbocycles. The molecule has 0 saturated carbocycles. The highest BCUT2D eigenvalue weighted by molar-refractivity contribution is 7.10. The first-order valence-electron chi connectivity index (χ1n) is 6.47. The summed E-state index contributed by atoms with van der Waals surface area (Å²) in [6.45, 7) is 0.369. The molecule has 0 saturated heterocycles. The zero-order valence-corrected chi connectivity index (χ0v) is 13.2. The van der Waals surface area contributed by atoms with Crippen LogP contribution in [-0.2, 0) is 9.53 Å². The van der Waals surface area contributed by atoms with Crippen molar-refractivity contribution in [2.45, 2.75) is 6.10 Å². The summed E-state index contributed by atoms with van der Waals surface area (Å²) in [4.78, 5) is 12.8. The summed E-state index contributed by atoms with van der Waals surface area (Å²) in [5.74, 6) is -0.155. The first kappa shape index (κ1) is 15.8. The highest BCUT2D eigenvalue weighted by Gasteiger charge is 2.14. The van der Waals surface area contributed by atoms with E-state index in [1.807, 2.05) is 35.7 Å². The number of carbonyl (C=O) groups is 1. The van der Waals surface area contributed by atoms with Gasteiger partial charge in [-0.15, -0.1) is 11.3 Å². The summed E-state index contributed by atoms with van der Waals surface area (Å²) in [6.07, 6.45) is 3.04. The minimum Gasteiger partial charge on any atom is -0.375 e. The van der Waals surface area contributed by atoms with Gasteiger partial charge >= 0.3 is 0 Å². The molecule has 0 aliphatic rings. The van der Waals surface area contributed by atoms with Crippen molar-refractivity contribution in [3.05, 3.63) is 63.3 Å². The molecule has 0 spiro atoms. The van der Waals surface area contributed by atoms with Gasteiger partial charge in [0.2, 0.25) is 5.91 Å². The van der Waals surface area contributed by atoms with Gasteiger partial charge < -0.3 is 10.1 Å².